The summed E-state index contributed by atoms with van der Waals surface area (Å²) in [6.07, 6.45) is 3.88. The summed E-state index contributed by atoms with van der Waals surface area (Å²) in [5.41, 5.74) is 1.00. The second kappa shape index (κ2) is 12.6. The van der Waals surface area contributed by atoms with Gasteiger partial charge in [0.05, 0.1) is 6.54 Å². The van der Waals surface area contributed by atoms with Crippen molar-refractivity contribution in [2.45, 2.75) is 45.6 Å². The number of nitrogens with zero attached hydrogens (tertiary/aromatic N) is 4. The van der Waals surface area contributed by atoms with Crippen LogP contribution in [0.25, 0.3) is 0 Å². The maximum atomic E-state index is 13.1. The number of aliphatic imine (C=N–C) groups is 1. The van der Waals surface area contributed by atoms with Crippen molar-refractivity contribution in [3.8, 4) is 0 Å². The van der Waals surface area contributed by atoms with E-state index in [1.54, 1.807) is 12.1 Å². The lowest BCUT2D eigenvalue weighted by Crippen LogP contribution is -2.49. The van der Waals surface area contributed by atoms with Crippen LogP contribution in [0.2, 0.25) is 0 Å². The Hall–Kier alpha value is -2.35. The van der Waals surface area contributed by atoms with Crippen LogP contribution in [-0.2, 0) is 4.79 Å². The molecule has 0 aliphatic carbocycles. The number of likely N-dealkylation sites (tertiary alicyclic amines) is 1. The van der Waals surface area contributed by atoms with Gasteiger partial charge in [-0.05, 0) is 57.0 Å². The Morgan fingerprint density at radius 2 is 1.75 bits per heavy atom. The molecule has 0 spiro atoms. The van der Waals surface area contributed by atoms with E-state index in [1.165, 1.54) is 25.1 Å². The largest absolute Gasteiger partial charge is 0.368 e. The van der Waals surface area contributed by atoms with E-state index in [-0.39, 0.29) is 11.7 Å². The van der Waals surface area contributed by atoms with Crippen LogP contribution in [-0.4, -0.2) is 86.6 Å². The molecule has 2 aliphatic heterocycles. The maximum Gasteiger partial charge on any atom is 0.224 e. The molecule has 8 heteroatoms. The van der Waals surface area contributed by atoms with E-state index in [9.17, 15) is 9.18 Å². The van der Waals surface area contributed by atoms with E-state index in [0.717, 1.165) is 57.2 Å². The molecule has 178 valence electrons. The number of carbonyl (C=O) groups is 1. The number of piperidine rings is 1. The Morgan fingerprint density at radius 1 is 1.06 bits per heavy atom. The first-order valence-electron chi connectivity index (χ1n) is 12.1. The van der Waals surface area contributed by atoms with Crippen molar-refractivity contribution < 1.29 is 9.18 Å². The van der Waals surface area contributed by atoms with Gasteiger partial charge in [0.1, 0.15) is 5.82 Å². The maximum absolute atomic E-state index is 13.1. The lowest BCUT2D eigenvalue weighted by molar-refractivity contribution is -0.131. The molecule has 2 saturated heterocycles. The van der Waals surface area contributed by atoms with Gasteiger partial charge in [-0.2, -0.15) is 0 Å². The molecule has 0 bridgehead atoms. The minimum atomic E-state index is -0.225. The number of carbonyl (C=O) groups excluding carboxylic acids is 1. The molecular formula is C24H39FN6O. The van der Waals surface area contributed by atoms with E-state index in [2.05, 4.69) is 39.3 Å². The van der Waals surface area contributed by atoms with Gasteiger partial charge in [0, 0.05) is 64.0 Å². The Kier molecular flexibility index (Phi) is 9.59. The van der Waals surface area contributed by atoms with Crippen LogP contribution in [0.3, 0.4) is 0 Å². The average molecular weight is 447 g/mol. The summed E-state index contributed by atoms with van der Waals surface area (Å²) >= 11 is 0. The second-order valence-electron chi connectivity index (χ2n) is 8.62. The van der Waals surface area contributed by atoms with Crippen molar-refractivity contribution in [1.29, 1.82) is 0 Å². The number of piperazine rings is 1. The first-order chi connectivity index (χ1) is 15.6. The summed E-state index contributed by atoms with van der Waals surface area (Å²) in [5, 5.41) is 6.87. The number of anilines is 1. The Balaban J connectivity index is 1.40. The number of amides is 1. The van der Waals surface area contributed by atoms with Crippen molar-refractivity contribution >= 4 is 17.6 Å². The topological polar surface area (TPSA) is 63.2 Å². The molecule has 0 unspecified atom stereocenters. The monoisotopic (exact) mass is 446 g/mol. The SMILES string of the molecule is CCCN1CCC(NC(=NCCC(=O)N2CCN(c3ccc(F)cc3)CC2)NCC)CC1. The molecule has 0 radical (unpaired) electrons. The van der Waals surface area contributed by atoms with Crippen molar-refractivity contribution in [1.82, 2.24) is 20.4 Å². The summed E-state index contributed by atoms with van der Waals surface area (Å²) < 4.78 is 13.1. The fourth-order valence-electron chi connectivity index (χ4n) is 4.42. The molecule has 0 saturated carbocycles. The number of halogens is 1. The number of nitrogens with one attached hydrogen (secondary N) is 2. The molecule has 32 heavy (non-hydrogen) atoms. The fraction of sp³-hybridized carbons (Fsp3) is 0.667. The standard InChI is InChI=1S/C24H39FN6O/c1-3-13-29-14-10-21(11-15-29)28-24(26-4-2)27-12-9-23(32)31-18-16-30(17-19-31)22-7-5-20(25)6-8-22/h5-8,21H,3-4,9-19H2,1-2H3,(H2,26,27,28). The highest BCUT2D eigenvalue weighted by Crippen LogP contribution is 2.17. The van der Waals surface area contributed by atoms with Crippen LogP contribution in [0.5, 0.6) is 0 Å². The van der Waals surface area contributed by atoms with Crippen LogP contribution in [0, 0.1) is 5.82 Å². The van der Waals surface area contributed by atoms with Crippen LogP contribution in [0.4, 0.5) is 10.1 Å². The van der Waals surface area contributed by atoms with Gasteiger partial charge in [0.2, 0.25) is 5.91 Å². The molecule has 7 nitrogen and oxygen atoms in total. The van der Waals surface area contributed by atoms with Crippen molar-refractivity contribution in [2.75, 3.05) is 63.8 Å². The molecule has 1 aromatic rings. The van der Waals surface area contributed by atoms with Crippen LogP contribution < -0.4 is 15.5 Å². The molecule has 2 aliphatic rings. The summed E-state index contributed by atoms with van der Waals surface area (Å²) in [6, 6.07) is 7.00. The van der Waals surface area contributed by atoms with E-state index in [4.69, 9.17) is 0 Å². The Bertz CT molecular complexity index is 725. The van der Waals surface area contributed by atoms with E-state index >= 15 is 0 Å². The zero-order valence-electron chi connectivity index (χ0n) is 19.7. The molecular weight excluding hydrogens is 407 g/mol. The van der Waals surface area contributed by atoms with Crippen molar-refractivity contribution in [3.05, 3.63) is 30.1 Å². The lowest BCUT2D eigenvalue weighted by Gasteiger charge is -2.36. The summed E-state index contributed by atoms with van der Waals surface area (Å²) in [6.45, 7) is 11.9. The predicted octanol–water partition coefficient (Wildman–Crippen LogP) is 2.29. The number of hydrogen-bond acceptors (Lipinski definition) is 4. The minimum absolute atomic E-state index is 0.149. The minimum Gasteiger partial charge on any atom is -0.368 e. The number of rotatable bonds is 8. The van der Waals surface area contributed by atoms with Crippen LogP contribution in [0.15, 0.2) is 29.3 Å². The third kappa shape index (κ3) is 7.36. The number of guanidine groups is 1. The third-order valence-corrected chi connectivity index (χ3v) is 6.23. The average Bonchev–Trinajstić information content (AvgIpc) is 2.81. The second-order valence-corrected chi connectivity index (χ2v) is 8.62. The normalized spacial score (nSPS) is 18.7. The molecule has 1 amide bonds. The molecule has 3 rings (SSSR count). The van der Waals surface area contributed by atoms with Gasteiger partial charge in [-0.3, -0.25) is 9.79 Å². The first-order valence-corrected chi connectivity index (χ1v) is 12.1. The quantitative estimate of drug-likeness (QED) is 0.474. The molecule has 2 fully saturated rings. The highest BCUT2D eigenvalue weighted by atomic mass is 19.1. The van der Waals surface area contributed by atoms with E-state index in [1.807, 2.05) is 4.90 Å². The van der Waals surface area contributed by atoms with Crippen molar-refractivity contribution in [3.63, 3.8) is 0 Å². The molecule has 1 aromatic carbocycles. The highest BCUT2D eigenvalue weighted by molar-refractivity contribution is 5.81. The molecule has 2 heterocycles. The molecule has 2 N–H and O–H groups in total. The lowest BCUT2D eigenvalue weighted by atomic mass is 10.1. The Morgan fingerprint density at radius 3 is 2.38 bits per heavy atom. The zero-order chi connectivity index (χ0) is 22.8. The summed E-state index contributed by atoms with van der Waals surface area (Å²) in [4.78, 5) is 23.9. The highest BCUT2D eigenvalue weighted by Gasteiger charge is 2.22. The smallest absolute Gasteiger partial charge is 0.224 e. The van der Waals surface area contributed by atoms with Gasteiger partial charge >= 0.3 is 0 Å². The zero-order valence-corrected chi connectivity index (χ0v) is 19.7. The first kappa shape index (κ1) is 24.3. The van der Waals surface area contributed by atoms with Crippen molar-refractivity contribution in [2.24, 2.45) is 4.99 Å². The third-order valence-electron chi connectivity index (χ3n) is 6.23. The summed E-state index contributed by atoms with van der Waals surface area (Å²) in [7, 11) is 0. The van der Waals surface area contributed by atoms with Gasteiger partial charge < -0.3 is 25.3 Å². The number of hydrogen-bond donors (Lipinski definition) is 2. The van der Waals surface area contributed by atoms with Gasteiger partial charge in [0.25, 0.3) is 0 Å². The van der Waals surface area contributed by atoms with Gasteiger partial charge in [-0.1, -0.05) is 6.92 Å². The van der Waals surface area contributed by atoms with Gasteiger partial charge in [-0.25, -0.2) is 4.39 Å². The van der Waals surface area contributed by atoms with Crippen LogP contribution in [0.1, 0.15) is 39.5 Å². The Labute approximate surface area is 192 Å². The molecule has 0 atom stereocenters. The molecule has 0 aromatic heterocycles. The summed E-state index contributed by atoms with van der Waals surface area (Å²) in [5.74, 6) is 0.739. The van der Waals surface area contributed by atoms with Gasteiger partial charge in [0.15, 0.2) is 5.96 Å². The fourth-order valence-corrected chi connectivity index (χ4v) is 4.42. The van der Waals surface area contributed by atoms with E-state index in [0.29, 0.717) is 32.1 Å². The number of benzene rings is 1. The van der Waals surface area contributed by atoms with E-state index < -0.39 is 0 Å². The van der Waals surface area contributed by atoms with Crippen LogP contribution >= 0.6 is 0 Å². The van der Waals surface area contributed by atoms with Gasteiger partial charge in [-0.15, -0.1) is 0 Å². The predicted molar refractivity (Wildman–Crippen MR) is 129 cm³/mol.